The van der Waals surface area contributed by atoms with Crippen LogP contribution in [0.3, 0.4) is 0 Å². The summed E-state index contributed by atoms with van der Waals surface area (Å²) in [6.45, 7) is 12.5. The van der Waals surface area contributed by atoms with Gasteiger partial charge in [-0.1, -0.05) is 13.8 Å². The zero-order valence-corrected chi connectivity index (χ0v) is 15.7. The number of likely N-dealkylation sites (tertiary alicyclic amines) is 1. The van der Waals surface area contributed by atoms with Gasteiger partial charge in [0.1, 0.15) is 0 Å². The van der Waals surface area contributed by atoms with Crippen LogP contribution in [0.4, 0.5) is 0 Å². The van der Waals surface area contributed by atoms with Crippen molar-refractivity contribution < 1.29 is 13.2 Å². The van der Waals surface area contributed by atoms with Crippen LogP contribution in [-0.4, -0.2) is 93.8 Å². The second kappa shape index (κ2) is 8.76. The van der Waals surface area contributed by atoms with Crippen molar-refractivity contribution in [2.75, 3.05) is 65.3 Å². The van der Waals surface area contributed by atoms with Crippen LogP contribution in [0, 0.1) is 5.92 Å². The van der Waals surface area contributed by atoms with Gasteiger partial charge in [-0.15, -0.1) is 0 Å². The lowest BCUT2D eigenvalue weighted by Gasteiger charge is -2.30. The van der Waals surface area contributed by atoms with E-state index in [1.807, 2.05) is 0 Å². The van der Waals surface area contributed by atoms with E-state index in [0.29, 0.717) is 12.5 Å². The molecular formula is C16H33N3O3S. The number of morpholine rings is 1. The molecule has 2 saturated heterocycles. The minimum absolute atomic E-state index is 0.147. The van der Waals surface area contributed by atoms with E-state index in [9.17, 15) is 8.42 Å². The molecule has 0 aromatic rings. The summed E-state index contributed by atoms with van der Waals surface area (Å²) >= 11 is 0. The largest absolute Gasteiger partial charge is 0.379 e. The fourth-order valence-corrected chi connectivity index (χ4v) is 4.80. The first-order chi connectivity index (χ1) is 10.9. The van der Waals surface area contributed by atoms with Crippen molar-refractivity contribution in [2.24, 2.45) is 5.92 Å². The summed E-state index contributed by atoms with van der Waals surface area (Å²) in [5.74, 6) is 0.627. The summed E-state index contributed by atoms with van der Waals surface area (Å²) in [6.07, 6.45) is 3.21. The minimum Gasteiger partial charge on any atom is -0.379 e. The third kappa shape index (κ3) is 6.31. The molecule has 23 heavy (non-hydrogen) atoms. The van der Waals surface area contributed by atoms with Crippen LogP contribution in [0.15, 0.2) is 0 Å². The maximum atomic E-state index is 12.2. The van der Waals surface area contributed by atoms with E-state index in [-0.39, 0.29) is 6.04 Å². The zero-order valence-electron chi connectivity index (χ0n) is 14.9. The highest BCUT2D eigenvalue weighted by Gasteiger charge is 2.32. The lowest BCUT2D eigenvalue weighted by Crippen LogP contribution is -2.44. The van der Waals surface area contributed by atoms with Crippen LogP contribution in [0.25, 0.3) is 0 Å². The summed E-state index contributed by atoms with van der Waals surface area (Å²) in [6, 6.07) is 0.147. The molecule has 0 saturated carbocycles. The van der Waals surface area contributed by atoms with Gasteiger partial charge in [0.2, 0.25) is 10.0 Å². The van der Waals surface area contributed by atoms with E-state index in [2.05, 4.69) is 23.6 Å². The predicted molar refractivity (Wildman–Crippen MR) is 93.1 cm³/mol. The van der Waals surface area contributed by atoms with Crippen LogP contribution in [0.2, 0.25) is 0 Å². The van der Waals surface area contributed by atoms with Crippen molar-refractivity contribution in [3.05, 3.63) is 0 Å². The van der Waals surface area contributed by atoms with E-state index in [0.717, 1.165) is 65.3 Å². The Kier molecular flexibility index (Phi) is 7.28. The molecule has 2 aliphatic heterocycles. The van der Waals surface area contributed by atoms with Gasteiger partial charge in [-0.2, -0.15) is 4.31 Å². The van der Waals surface area contributed by atoms with Crippen LogP contribution in [0.1, 0.15) is 26.7 Å². The fraction of sp³-hybridized carbons (Fsp3) is 1.00. The Morgan fingerprint density at radius 1 is 1.17 bits per heavy atom. The van der Waals surface area contributed by atoms with Gasteiger partial charge >= 0.3 is 0 Å². The molecule has 0 aromatic heterocycles. The number of rotatable bonds is 8. The lowest BCUT2D eigenvalue weighted by atomic mass is 10.2. The van der Waals surface area contributed by atoms with E-state index in [4.69, 9.17) is 4.74 Å². The molecule has 136 valence electrons. The first-order valence-electron chi connectivity index (χ1n) is 8.85. The van der Waals surface area contributed by atoms with Gasteiger partial charge in [0.25, 0.3) is 0 Å². The Bertz CT molecular complexity index is 449. The van der Waals surface area contributed by atoms with Crippen molar-refractivity contribution in [1.29, 1.82) is 0 Å². The highest BCUT2D eigenvalue weighted by Crippen LogP contribution is 2.19. The number of sulfonamides is 1. The van der Waals surface area contributed by atoms with Crippen molar-refractivity contribution in [2.45, 2.75) is 32.7 Å². The molecule has 1 atom stereocenters. The van der Waals surface area contributed by atoms with E-state index in [1.54, 1.807) is 4.31 Å². The maximum absolute atomic E-state index is 12.2. The van der Waals surface area contributed by atoms with Gasteiger partial charge in [-0.3, -0.25) is 4.90 Å². The summed E-state index contributed by atoms with van der Waals surface area (Å²) < 4.78 is 31.5. The Balaban J connectivity index is 1.83. The summed E-state index contributed by atoms with van der Waals surface area (Å²) in [5.41, 5.74) is 0. The number of nitrogens with zero attached hydrogens (tertiary/aromatic N) is 3. The monoisotopic (exact) mass is 347 g/mol. The molecule has 0 aliphatic carbocycles. The smallest absolute Gasteiger partial charge is 0.211 e. The Hall–Kier alpha value is -0.210. The third-order valence-corrected chi connectivity index (χ3v) is 5.99. The van der Waals surface area contributed by atoms with Gasteiger partial charge < -0.3 is 9.64 Å². The second-order valence-electron chi connectivity index (χ2n) is 7.28. The van der Waals surface area contributed by atoms with Crippen LogP contribution in [0.5, 0.6) is 0 Å². The molecule has 0 N–H and O–H groups in total. The molecule has 0 bridgehead atoms. The van der Waals surface area contributed by atoms with Crippen molar-refractivity contribution in [3.63, 3.8) is 0 Å². The summed E-state index contributed by atoms with van der Waals surface area (Å²) in [4.78, 5) is 4.76. The molecule has 0 radical (unpaired) electrons. The molecule has 2 rings (SSSR count). The fourth-order valence-electron chi connectivity index (χ4n) is 3.62. The summed E-state index contributed by atoms with van der Waals surface area (Å²) in [7, 11) is -3.14. The first-order valence-corrected chi connectivity index (χ1v) is 10.7. The SMILES string of the molecule is CC(C)CN1CCC(N(CCCN2CCOCC2)S(C)(=O)=O)C1. The van der Waals surface area contributed by atoms with E-state index < -0.39 is 10.0 Å². The molecule has 2 fully saturated rings. The Morgan fingerprint density at radius 3 is 2.48 bits per heavy atom. The van der Waals surface area contributed by atoms with Crippen molar-refractivity contribution in [1.82, 2.24) is 14.1 Å². The molecular weight excluding hydrogens is 314 g/mol. The molecule has 1 unspecified atom stereocenters. The molecule has 0 amide bonds. The van der Waals surface area contributed by atoms with Gasteiger partial charge in [0, 0.05) is 38.8 Å². The van der Waals surface area contributed by atoms with Crippen LogP contribution < -0.4 is 0 Å². The first kappa shape index (κ1) is 19.1. The van der Waals surface area contributed by atoms with E-state index in [1.165, 1.54) is 6.26 Å². The summed E-state index contributed by atoms with van der Waals surface area (Å²) in [5, 5.41) is 0. The highest BCUT2D eigenvalue weighted by molar-refractivity contribution is 7.88. The number of hydrogen-bond acceptors (Lipinski definition) is 5. The average molecular weight is 348 g/mol. The van der Waals surface area contributed by atoms with Crippen LogP contribution in [-0.2, 0) is 14.8 Å². The molecule has 2 aliphatic rings. The predicted octanol–water partition coefficient (Wildman–Crippen LogP) is 0.701. The number of ether oxygens (including phenoxy) is 1. The van der Waals surface area contributed by atoms with Gasteiger partial charge in [-0.25, -0.2) is 8.42 Å². The van der Waals surface area contributed by atoms with E-state index >= 15 is 0 Å². The van der Waals surface area contributed by atoms with Crippen LogP contribution >= 0.6 is 0 Å². The molecule has 0 aromatic carbocycles. The van der Waals surface area contributed by atoms with Crippen molar-refractivity contribution in [3.8, 4) is 0 Å². The Morgan fingerprint density at radius 2 is 1.87 bits per heavy atom. The normalized spacial score (nSPS) is 24.8. The molecule has 6 nitrogen and oxygen atoms in total. The number of hydrogen-bond donors (Lipinski definition) is 0. The highest BCUT2D eigenvalue weighted by atomic mass is 32.2. The topological polar surface area (TPSA) is 53.1 Å². The zero-order chi connectivity index (χ0) is 16.9. The molecule has 7 heteroatoms. The average Bonchev–Trinajstić information content (AvgIpc) is 2.90. The minimum atomic E-state index is -3.14. The third-order valence-electron chi connectivity index (χ3n) is 4.66. The van der Waals surface area contributed by atoms with Gasteiger partial charge in [0.05, 0.1) is 19.5 Å². The van der Waals surface area contributed by atoms with Crippen molar-refractivity contribution >= 4 is 10.0 Å². The quantitative estimate of drug-likeness (QED) is 0.647. The maximum Gasteiger partial charge on any atom is 0.211 e. The van der Waals surface area contributed by atoms with Gasteiger partial charge in [0.15, 0.2) is 0 Å². The standard InChI is InChI=1S/C16H33N3O3S/c1-15(2)13-18-8-5-16(14-18)19(23(3,20)21)7-4-6-17-9-11-22-12-10-17/h15-16H,4-14H2,1-3H3. The lowest BCUT2D eigenvalue weighted by molar-refractivity contribution is 0.0366. The Labute approximate surface area is 141 Å². The second-order valence-corrected chi connectivity index (χ2v) is 9.21. The molecule has 0 spiro atoms. The molecule has 2 heterocycles. The van der Waals surface area contributed by atoms with Gasteiger partial charge in [-0.05, 0) is 31.8 Å².